The number of carboxylic acid groups (broad SMARTS) is 8. The standard InChI is InChI=1S/C28H16N4O16/c33-21(34)13-5-1-6-14(22(35)36)16(24(39)40)8(30-6)3-10-18(26(43)44)20(28(47)48)12(32-10)4-11-19(27(45)46)17(25(41)42)9(31-11)2-7(29-5)15(13)23(37)38/h1-4,29-32H,(H,33,34)(H,35,36)(H,37,38)(H,39,40)(H,41,42)(H,43,44)(H,45,46)(H,47,48). The molecular weight excluding hydrogens is 648 g/mol. The van der Waals surface area contributed by atoms with Crippen LogP contribution >= 0.6 is 0 Å². The van der Waals surface area contributed by atoms with Crippen molar-refractivity contribution < 1.29 is 79.2 Å². The number of rotatable bonds is 8. The number of H-pyrrole nitrogens is 4. The molecule has 1 aliphatic heterocycles. The van der Waals surface area contributed by atoms with Gasteiger partial charge in [-0.15, -0.1) is 0 Å². The van der Waals surface area contributed by atoms with Crippen molar-refractivity contribution in [2.75, 3.05) is 0 Å². The topological polar surface area (TPSA) is 362 Å². The molecule has 0 radical (unpaired) electrons. The van der Waals surface area contributed by atoms with Gasteiger partial charge in [0.1, 0.15) is 0 Å². The average molecular weight is 664 g/mol. The highest BCUT2D eigenvalue weighted by molar-refractivity contribution is 6.09. The fourth-order valence-electron chi connectivity index (χ4n) is 5.38. The van der Waals surface area contributed by atoms with Gasteiger partial charge in [-0.1, -0.05) is 0 Å². The SMILES string of the molecule is O=C(O)c1c2[nH]c(c1C(=O)O)C=c1[nH]c(c(C(=O)O)c1C(=O)O)=Cc1[nH]c(c(C(=O)O)c1C(=O)O)C=c1[nH]c(c(C(=O)O)c1C(=O)O)=C2. The molecular formula is C28H16N4O16. The lowest BCUT2D eigenvalue weighted by Crippen LogP contribution is -2.18. The van der Waals surface area contributed by atoms with Crippen LogP contribution in [0.3, 0.4) is 0 Å². The molecule has 8 bridgehead atoms. The second kappa shape index (κ2) is 11.1. The minimum atomic E-state index is -1.89. The first-order valence-electron chi connectivity index (χ1n) is 12.7. The normalized spacial score (nSPS) is 11.7. The predicted molar refractivity (Wildman–Crippen MR) is 152 cm³/mol. The van der Waals surface area contributed by atoms with Crippen molar-refractivity contribution in [1.82, 2.24) is 19.9 Å². The van der Waals surface area contributed by atoms with Crippen molar-refractivity contribution in [2.45, 2.75) is 0 Å². The minimum Gasteiger partial charge on any atom is -0.478 e. The first-order valence-corrected chi connectivity index (χ1v) is 12.7. The van der Waals surface area contributed by atoms with E-state index >= 15 is 0 Å². The van der Waals surface area contributed by atoms with Gasteiger partial charge < -0.3 is 60.8 Å². The van der Waals surface area contributed by atoms with Crippen LogP contribution in [-0.4, -0.2) is 109 Å². The molecule has 12 N–H and O–H groups in total. The smallest absolute Gasteiger partial charge is 0.338 e. The molecule has 4 aromatic rings. The summed E-state index contributed by atoms with van der Waals surface area (Å²) in [5, 5.41) is 76.9. The van der Waals surface area contributed by atoms with E-state index in [0.717, 1.165) is 0 Å². The third-order valence-electron chi connectivity index (χ3n) is 7.10. The Morgan fingerprint density at radius 2 is 0.458 bits per heavy atom. The Hall–Kier alpha value is -7.64. The average Bonchev–Trinajstić information content (AvgIpc) is 3.69. The van der Waals surface area contributed by atoms with E-state index in [1.165, 1.54) is 0 Å². The Morgan fingerprint density at radius 3 is 0.604 bits per heavy atom. The van der Waals surface area contributed by atoms with Crippen LogP contribution in [0.5, 0.6) is 0 Å². The van der Waals surface area contributed by atoms with Gasteiger partial charge in [-0.05, 0) is 24.3 Å². The summed E-state index contributed by atoms with van der Waals surface area (Å²) in [6.45, 7) is 0. The maximum Gasteiger partial charge on any atom is 0.338 e. The Labute approximate surface area is 260 Å². The Kier molecular flexibility index (Phi) is 7.32. The summed E-state index contributed by atoms with van der Waals surface area (Å²) in [7, 11) is 0. The number of hydrogen-bond donors (Lipinski definition) is 12. The van der Waals surface area contributed by atoms with Gasteiger partial charge in [0.25, 0.3) is 0 Å². The van der Waals surface area contributed by atoms with E-state index in [9.17, 15) is 79.2 Å². The number of carboxylic acids is 8. The summed E-state index contributed by atoms with van der Waals surface area (Å²) >= 11 is 0. The van der Waals surface area contributed by atoms with E-state index in [2.05, 4.69) is 19.9 Å². The zero-order chi connectivity index (χ0) is 35.5. The zero-order valence-electron chi connectivity index (χ0n) is 23.2. The third-order valence-corrected chi connectivity index (χ3v) is 7.10. The molecule has 5 heterocycles. The minimum absolute atomic E-state index is 0.652. The first kappa shape index (κ1) is 31.8. The van der Waals surface area contributed by atoms with Crippen molar-refractivity contribution in [3.63, 3.8) is 0 Å². The second-order valence-corrected chi connectivity index (χ2v) is 9.83. The zero-order valence-corrected chi connectivity index (χ0v) is 23.2. The van der Waals surface area contributed by atoms with Gasteiger partial charge in [0, 0.05) is 0 Å². The molecule has 20 heteroatoms. The summed E-state index contributed by atoms with van der Waals surface area (Å²) in [5.41, 5.74) is -10.7. The second-order valence-electron chi connectivity index (χ2n) is 9.83. The molecule has 0 aliphatic carbocycles. The molecule has 0 saturated carbocycles. The molecule has 1 aliphatic rings. The van der Waals surface area contributed by atoms with Crippen LogP contribution in [0.1, 0.15) is 106 Å². The lowest BCUT2D eigenvalue weighted by atomic mass is 10.1. The van der Waals surface area contributed by atoms with E-state index in [1.54, 1.807) is 0 Å². The number of aromatic amines is 4. The summed E-state index contributed by atoms with van der Waals surface area (Å²) in [6.07, 6.45) is 2.84. The maximum absolute atomic E-state index is 12.3. The van der Waals surface area contributed by atoms with Gasteiger partial charge >= 0.3 is 47.8 Å². The number of hydrogen-bond acceptors (Lipinski definition) is 8. The van der Waals surface area contributed by atoms with Gasteiger partial charge in [-0.2, -0.15) is 0 Å². The summed E-state index contributed by atoms with van der Waals surface area (Å²) in [6, 6.07) is 0. The molecule has 0 unspecified atom stereocenters. The van der Waals surface area contributed by atoms with Crippen LogP contribution in [0.2, 0.25) is 0 Å². The highest BCUT2D eigenvalue weighted by Crippen LogP contribution is 2.24. The van der Waals surface area contributed by atoms with Crippen LogP contribution in [0.4, 0.5) is 0 Å². The van der Waals surface area contributed by atoms with Crippen molar-refractivity contribution in [2.24, 2.45) is 0 Å². The van der Waals surface area contributed by atoms with Crippen LogP contribution in [-0.2, 0) is 0 Å². The van der Waals surface area contributed by atoms with E-state index < -0.39 is 136 Å². The number of aromatic carboxylic acids is 8. The fraction of sp³-hybridized carbons (Fsp3) is 0. The van der Waals surface area contributed by atoms with E-state index in [1.807, 2.05) is 0 Å². The van der Waals surface area contributed by atoms with Crippen molar-refractivity contribution in [3.05, 3.63) is 88.7 Å². The molecule has 0 aromatic carbocycles. The molecule has 20 nitrogen and oxygen atoms in total. The molecule has 0 amide bonds. The third kappa shape index (κ3) is 4.92. The number of carbonyl (C=O) groups is 8. The van der Waals surface area contributed by atoms with E-state index in [-0.39, 0.29) is 0 Å². The molecule has 0 atom stereocenters. The van der Waals surface area contributed by atoms with Crippen LogP contribution in [0, 0.1) is 0 Å². The summed E-state index contributed by atoms with van der Waals surface area (Å²) in [4.78, 5) is 108. The lowest BCUT2D eigenvalue weighted by molar-refractivity contribution is 0.0650. The van der Waals surface area contributed by atoms with Crippen LogP contribution in [0.15, 0.2) is 0 Å². The molecule has 0 fully saturated rings. The molecule has 0 spiro atoms. The molecule has 0 saturated heterocycles. The largest absolute Gasteiger partial charge is 0.478 e. The van der Waals surface area contributed by atoms with E-state index in [4.69, 9.17) is 0 Å². The lowest BCUT2D eigenvalue weighted by Gasteiger charge is -1.98. The highest BCUT2D eigenvalue weighted by Gasteiger charge is 2.31. The van der Waals surface area contributed by atoms with Crippen LogP contribution < -0.4 is 21.4 Å². The first-order chi connectivity index (χ1) is 22.4. The molecule has 48 heavy (non-hydrogen) atoms. The number of fused-ring (bicyclic) bond motifs is 8. The summed E-state index contributed by atoms with van der Waals surface area (Å²) in [5.74, 6) is -15.1. The Balaban J connectivity index is 2.17. The Morgan fingerprint density at radius 1 is 0.292 bits per heavy atom. The quantitative estimate of drug-likeness (QED) is 0.0871. The molecule has 244 valence electrons. The Bertz CT molecular complexity index is 2150. The van der Waals surface area contributed by atoms with Crippen LogP contribution in [0.25, 0.3) is 24.3 Å². The van der Waals surface area contributed by atoms with Gasteiger partial charge in [0.2, 0.25) is 0 Å². The highest BCUT2D eigenvalue weighted by atomic mass is 16.4. The number of nitrogens with one attached hydrogen (secondary N) is 4. The van der Waals surface area contributed by atoms with Crippen molar-refractivity contribution in [3.8, 4) is 0 Å². The number of aromatic nitrogens is 4. The van der Waals surface area contributed by atoms with Crippen molar-refractivity contribution in [1.29, 1.82) is 0 Å². The fourth-order valence-corrected chi connectivity index (χ4v) is 5.38. The molecule has 4 aromatic heterocycles. The predicted octanol–water partition coefficient (Wildman–Crippen LogP) is -1.79. The summed E-state index contributed by atoms with van der Waals surface area (Å²) < 4.78 is 0. The monoisotopic (exact) mass is 664 g/mol. The van der Waals surface area contributed by atoms with Gasteiger partial charge in [-0.25, -0.2) is 38.4 Å². The van der Waals surface area contributed by atoms with Crippen molar-refractivity contribution >= 4 is 72.1 Å². The van der Waals surface area contributed by atoms with Gasteiger partial charge in [0.05, 0.1) is 88.7 Å². The van der Waals surface area contributed by atoms with Gasteiger partial charge in [0.15, 0.2) is 0 Å². The van der Waals surface area contributed by atoms with E-state index in [0.29, 0.717) is 24.3 Å². The molecule has 5 rings (SSSR count). The maximum atomic E-state index is 12.3. The van der Waals surface area contributed by atoms with Gasteiger partial charge in [-0.3, -0.25) is 0 Å².